The van der Waals surface area contributed by atoms with Crippen LogP contribution in [0, 0.1) is 0 Å². The van der Waals surface area contributed by atoms with E-state index in [9.17, 15) is 9.59 Å². The molecule has 0 fully saturated rings. The number of anilines is 1. The highest BCUT2D eigenvalue weighted by Gasteiger charge is 2.21. The molecule has 2 N–H and O–H groups in total. The average molecular weight is 339 g/mol. The SMILES string of the molecule is CC(C)(C)c1ccccc1-n1c(N)cc(=O)n(Cc2ccco2)c1=O. The molecule has 0 aliphatic rings. The number of benzene rings is 1. The number of nitrogens with two attached hydrogens (primary N) is 1. The first kappa shape index (κ1) is 16.8. The number of para-hydroxylation sites is 1. The third kappa shape index (κ3) is 3.15. The molecule has 1 aromatic carbocycles. The molecule has 0 amide bonds. The van der Waals surface area contributed by atoms with Crippen LogP contribution < -0.4 is 17.0 Å². The van der Waals surface area contributed by atoms with Crippen LogP contribution in [-0.4, -0.2) is 9.13 Å². The number of nitrogens with zero attached hydrogens (tertiary/aromatic N) is 2. The Bertz CT molecular complexity index is 1010. The fourth-order valence-electron chi connectivity index (χ4n) is 2.84. The minimum Gasteiger partial charge on any atom is -0.467 e. The van der Waals surface area contributed by atoms with Crippen LogP contribution in [0.3, 0.4) is 0 Å². The van der Waals surface area contributed by atoms with Crippen molar-refractivity contribution in [2.45, 2.75) is 32.7 Å². The molecule has 3 aromatic rings. The number of nitrogen functional groups attached to an aromatic ring is 1. The summed E-state index contributed by atoms with van der Waals surface area (Å²) in [5.74, 6) is 0.641. The molecule has 0 aliphatic heterocycles. The third-order valence-corrected chi connectivity index (χ3v) is 4.06. The second-order valence-corrected chi connectivity index (χ2v) is 6.96. The molecule has 3 rings (SSSR count). The van der Waals surface area contributed by atoms with E-state index < -0.39 is 11.2 Å². The normalized spacial score (nSPS) is 11.6. The molecule has 0 bridgehead atoms. The summed E-state index contributed by atoms with van der Waals surface area (Å²) in [6.07, 6.45) is 1.51. The zero-order valence-corrected chi connectivity index (χ0v) is 14.5. The Balaban J connectivity index is 2.25. The van der Waals surface area contributed by atoms with Gasteiger partial charge < -0.3 is 10.2 Å². The van der Waals surface area contributed by atoms with Gasteiger partial charge in [0.05, 0.1) is 18.5 Å². The number of hydrogen-bond donors (Lipinski definition) is 1. The van der Waals surface area contributed by atoms with Crippen molar-refractivity contribution in [3.05, 3.63) is 80.9 Å². The molecule has 0 unspecified atom stereocenters. The lowest BCUT2D eigenvalue weighted by atomic mass is 9.85. The van der Waals surface area contributed by atoms with Gasteiger partial charge in [-0.2, -0.15) is 0 Å². The monoisotopic (exact) mass is 339 g/mol. The second-order valence-electron chi connectivity index (χ2n) is 6.96. The van der Waals surface area contributed by atoms with Gasteiger partial charge in [-0.3, -0.25) is 9.36 Å². The van der Waals surface area contributed by atoms with E-state index in [1.165, 1.54) is 16.9 Å². The summed E-state index contributed by atoms with van der Waals surface area (Å²) in [4.78, 5) is 25.3. The van der Waals surface area contributed by atoms with Gasteiger partial charge >= 0.3 is 5.69 Å². The topological polar surface area (TPSA) is 83.2 Å². The molecule has 6 heteroatoms. The van der Waals surface area contributed by atoms with Crippen molar-refractivity contribution in [2.24, 2.45) is 0 Å². The molecule has 0 aliphatic carbocycles. The van der Waals surface area contributed by atoms with Gasteiger partial charge in [0.1, 0.15) is 11.6 Å². The van der Waals surface area contributed by atoms with Crippen molar-refractivity contribution in [1.82, 2.24) is 9.13 Å². The van der Waals surface area contributed by atoms with Crippen molar-refractivity contribution < 1.29 is 4.42 Å². The molecule has 130 valence electrons. The number of furan rings is 1. The number of rotatable bonds is 3. The van der Waals surface area contributed by atoms with Gasteiger partial charge in [0.2, 0.25) is 0 Å². The van der Waals surface area contributed by atoms with E-state index in [0.717, 1.165) is 10.1 Å². The standard InChI is InChI=1S/C19H21N3O3/c1-19(2,3)14-8-4-5-9-15(14)22-16(20)11-17(23)21(18(22)24)12-13-7-6-10-25-13/h4-11H,12,20H2,1-3H3. The fourth-order valence-corrected chi connectivity index (χ4v) is 2.84. The van der Waals surface area contributed by atoms with E-state index in [2.05, 4.69) is 20.8 Å². The van der Waals surface area contributed by atoms with Crippen molar-refractivity contribution in [2.75, 3.05) is 5.73 Å². The first-order valence-corrected chi connectivity index (χ1v) is 8.03. The van der Waals surface area contributed by atoms with Gasteiger partial charge in [-0.05, 0) is 29.2 Å². The summed E-state index contributed by atoms with van der Waals surface area (Å²) in [5, 5.41) is 0. The van der Waals surface area contributed by atoms with Crippen LogP contribution in [0.2, 0.25) is 0 Å². The van der Waals surface area contributed by atoms with Gasteiger partial charge in [-0.25, -0.2) is 9.36 Å². The van der Waals surface area contributed by atoms with Crippen LogP contribution in [0.5, 0.6) is 0 Å². The zero-order chi connectivity index (χ0) is 18.2. The Labute approximate surface area is 145 Å². The Morgan fingerprint density at radius 3 is 2.44 bits per heavy atom. The summed E-state index contributed by atoms with van der Waals surface area (Å²) in [6.45, 7) is 6.24. The summed E-state index contributed by atoms with van der Waals surface area (Å²) in [6, 6.07) is 12.3. The quantitative estimate of drug-likeness (QED) is 0.795. The minimum absolute atomic E-state index is 0.0582. The Kier molecular flexibility index (Phi) is 4.12. The first-order chi connectivity index (χ1) is 11.8. The number of aromatic nitrogens is 2. The molecule has 6 nitrogen and oxygen atoms in total. The maximum Gasteiger partial charge on any atom is 0.337 e. The second kappa shape index (κ2) is 6.12. The molecular weight excluding hydrogens is 318 g/mol. The average Bonchev–Trinajstić information content (AvgIpc) is 3.04. The summed E-state index contributed by atoms with van der Waals surface area (Å²) in [5.41, 5.74) is 6.54. The maximum atomic E-state index is 13.0. The van der Waals surface area contributed by atoms with Gasteiger partial charge in [-0.1, -0.05) is 39.0 Å². The molecule has 0 spiro atoms. The molecular formula is C19H21N3O3. The lowest BCUT2D eigenvalue weighted by molar-refractivity contribution is 0.481. The molecule has 0 saturated heterocycles. The molecule has 0 saturated carbocycles. The first-order valence-electron chi connectivity index (χ1n) is 8.03. The lowest BCUT2D eigenvalue weighted by Gasteiger charge is -2.24. The molecule has 2 heterocycles. The molecule has 25 heavy (non-hydrogen) atoms. The molecule has 0 atom stereocenters. The fraction of sp³-hybridized carbons (Fsp3) is 0.263. The number of hydrogen-bond acceptors (Lipinski definition) is 4. The van der Waals surface area contributed by atoms with Crippen LogP contribution in [0.4, 0.5) is 5.82 Å². The Hall–Kier alpha value is -3.02. The molecule has 2 aromatic heterocycles. The van der Waals surface area contributed by atoms with Crippen molar-refractivity contribution in [3.63, 3.8) is 0 Å². The van der Waals surface area contributed by atoms with E-state index in [1.807, 2.05) is 24.3 Å². The largest absolute Gasteiger partial charge is 0.467 e. The third-order valence-electron chi connectivity index (χ3n) is 4.06. The van der Waals surface area contributed by atoms with Crippen LogP contribution in [0.1, 0.15) is 32.1 Å². The summed E-state index contributed by atoms with van der Waals surface area (Å²) in [7, 11) is 0. The lowest BCUT2D eigenvalue weighted by Crippen LogP contribution is -2.40. The predicted octanol–water partition coefficient (Wildman–Crippen LogP) is 2.52. The highest BCUT2D eigenvalue weighted by Crippen LogP contribution is 2.28. The summed E-state index contributed by atoms with van der Waals surface area (Å²) < 4.78 is 7.76. The zero-order valence-electron chi connectivity index (χ0n) is 14.5. The summed E-state index contributed by atoms with van der Waals surface area (Å²) >= 11 is 0. The highest BCUT2D eigenvalue weighted by atomic mass is 16.3. The van der Waals surface area contributed by atoms with E-state index in [1.54, 1.807) is 12.1 Å². The van der Waals surface area contributed by atoms with Crippen LogP contribution in [-0.2, 0) is 12.0 Å². The predicted molar refractivity (Wildman–Crippen MR) is 97.2 cm³/mol. The van der Waals surface area contributed by atoms with Crippen molar-refractivity contribution in [3.8, 4) is 5.69 Å². The van der Waals surface area contributed by atoms with Crippen LogP contribution in [0.25, 0.3) is 5.69 Å². The molecule has 0 radical (unpaired) electrons. The van der Waals surface area contributed by atoms with Gasteiger partial charge in [0.15, 0.2) is 0 Å². The van der Waals surface area contributed by atoms with E-state index in [0.29, 0.717) is 11.4 Å². The van der Waals surface area contributed by atoms with Crippen LogP contribution in [0.15, 0.2) is 62.7 Å². The van der Waals surface area contributed by atoms with E-state index in [-0.39, 0.29) is 17.8 Å². The van der Waals surface area contributed by atoms with Gasteiger partial charge in [0, 0.05) is 6.07 Å². The van der Waals surface area contributed by atoms with Crippen molar-refractivity contribution >= 4 is 5.82 Å². The Morgan fingerprint density at radius 1 is 1.08 bits per heavy atom. The van der Waals surface area contributed by atoms with Gasteiger partial charge in [0.25, 0.3) is 5.56 Å². The van der Waals surface area contributed by atoms with Gasteiger partial charge in [-0.15, -0.1) is 0 Å². The van der Waals surface area contributed by atoms with Crippen LogP contribution >= 0.6 is 0 Å². The Morgan fingerprint density at radius 2 is 1.80 bits per heavy atom. The minimum atomic E-state index is -0.488. The van der Waals surface area contributed by atoms with E-state index >= 15 is 0 Å². The smallest absolute Gasteiger partial charge is 0.337 e. The van der Waals surface area contributed by atoms with E-state index in [4.69, 9.17) is 10.2 Å². The van der Waals surface area contributed by atoms with Crippen molar-refractivity contribution in [1.29, 1.82) is 0 Å². The highest BCUT2D eigenvalue weighted by molar-refractivity contribution is 5.49. The maximum absolute atomic E-state index is 13.0.